The summed E-state index contributed by atoms with van der Waals surface area (Å²) in [5, 5.41) is 10.1. The highest BCUT2D eigenvalue weighted by Crippen LogP contribution is 2.36. The van der Waals surface area contributed by atoms with Gasteiger partial charge in [-0.3, -0.25) is 29.2 Å². The van der Waals surface area contributed by atoms with Crippen LogP contribution in [0.4, 0.5) is 5.69 Å². The van der Waals surface area contributed by atoms with Gasteiger partial charge < -0.3 is 24.8 Å². The van der Waals surface area contributed by atoms with Crippen LogP contribution in [0.1, 0.15) is 62.7 Å². The summed E-state index contributed by atoms with van der Waals surface area (Å²) in [4.78, 5) is 66.5. The van der Waals surface area contributed by atoms with Gasteiger partial charge in [0.1, 0.15) is 22.1 Å². The third kappa shape index (κ3) is 8.14. The molecule has 2 aliphatic rings. The van der Waals surface area contributed by atoms with E-state index < -0.39 is 0 Å². The Morgan fingerprint density at radius 2 is 1.74 bits per heavy atom. The second-order valence-electron chi connectivity index (χ2n) is 14.9. The van der Waals surface area contributed by atoms with E-state index in [1.54, 1.807) is 46.0 Å². The maximum Gasteiger partial charge on any atom is 0.253 e. The van der Waals surface area contributed by atoms with Crippen LogP contribution in [0, 0.1) is 12.8 Å². The number of hydrogen-bond acceptors (Lipinski definition) is 9. The molecule has 0 saturated carbocycles. The Kier molecular flexibility index (Phi) is 10.7. The van der Waals surface area contributed by atoms with Crippen molar-refractivity contribution in [3.8, 4) is 22.9 Å². The third-order valence-corrected chi connectivity index (χ3v) is 11.0. The summed E-state index contributed by atoms with van der Waals surface area (Å²) in [6.07, 6.45) is 5.21. The SMILES string of the molecule is Cc1nn(C)cc1-c1nc2ncc(Cl)c(Oc3ccc(C(=O)NCc4ccc(C(=O)N(C)CC5CCN(c6ccc([C@@H]7CCC(=O)NC7=O)cc6)C5)cc4)cc3)c2[nH]1. The molecule has 0 spiro atoms. The largest absolute Gasteiger partial charge is 0.453 e. The van der Waals surface area contributed by atoms with Crippen molar-refractivity contribution in [2.45, 2.75) is 38.6 Å². The minimum Gasteiger partial charge on any atom is -0.453 e. The number of benzene rings is 3. The topological polar surface area (TPSA) is 167 Å². The summed E-state index contributed by atoms with van der Waals surface area (Å²) < 4.78 is 7.88. The summed E-state index contributed by atoms with van der Waals surface area (Å²) in [5.41, 5.74) is 6.54. The molecular weight excluding hydrogens is 758 g/mol. The van der Waals surface area contributed by atoms with Gasteiger partial charge in [-0.1, -0.05) is 35.9 Å². The third-order valence-electron chi connectivity index (χ3n) is 10.8. The van der Waals surface area contributed by atoms with Crippen LogP contribution in [0.5, 0.6) is 11.5 Å². The number of piperidine rings is 1. The maximum atomic E-state index is 13.3. The molecule has 6 aromatic rings. The van der Waals surface area contributed by atoms with Crippen LogP contribution in [0.15, 0.2) is 85.2 Å². The van der Waals surface area contributed by atoms with E-state index in [-0.39, 0.29) is 36.1 Å². The zero-order valence-corrected chi connectivity index (χ0v) is 33.0. The molecule has 3 aromatic carbocycles. The van der Waals surface area contributed by atoms with Crippen molar-refractivity contribution in [1.29, 1.82) is 0 Å². The normalized spacial score (nSPS) is 16.7. The predicted molar refractivity (Wildman–Crippen MR) is 219 cm³/mol. The number of aromatic amines is 1. The lowest BCUT2D eigenvalue weighted by molar-refractivity contribution is -0.134. The number of imide groups is 1. The molecule has 3 N–H and O–H groups in total. The maximum absolute atomic E-state index is 13.3. The fraction of sp³-hybridized carbons (Fsp3) is 0.279. The molecule has 15 heteroatoms. The summed E-state index contributed by atoms with van der Waals surface area (Å²) in [6, 6.07) is 22.0. The molecule has 5 heterocycles. The number of carbonyl (C=O) groups is 4. The molecule has 0 bridgehead atoms. The molecule has 2 fully saturated rings. The van der Waals surface area contributed by atoms with E-state index >= 15 is 0 Å². The number of H-pyrrole nitrogens is 1. The first-order chi connectivity index (χ1) is 28.0. The van der Waals surface area contributed by atoms with Crippen molar-refractivity contribution < 1.29 is 23.9 Å². The Balaban J connectivity index is 0.812. The summed E-state index contributed by atoms with van der Waals surface area (Å²) in [6.45, 7) is 4.53. The zero-order chi connectivity index (χ0) is 40.5. The number of carbonyl (C=O) groups excluding carboxylic acids is 4. The number of rotatable bonds is 11. The van der Waals surface area contributed by atoms with Gasteiger partial charge in [-0.05, 0) is 85.3 Å². The molecular formula is C43H42ClN9O5. The van der Waals surface area contributed by atoms with E-state index in [1.165, 1.54) is 6.20 Å². The molecule has 14 nitrogen and oxygen atoms in total. The monoisotopic (exact) mass is 799 g/mol. The van der Waals surface area contributed by atoms with E-state index in [2.05, 4.69) is 35.6 Å². The predicted octanol–water partition coefficient (Wildman–Crippen LogP) is 6.16. The van der Waals surface area contributed by atoms with Gasteiger partial charge in [-0.25, -0.2) is 9.97 Å². The first kappa shape index (κ1) is 38.3. The van der Waals surface area contributed by atoms with Crippen LogP contribution in [-0.4, -0.2) is 79.9 Å². The Hall–Kier alpha value is -6.54. The minimum absolute atomic E-state index is 0.0599. The van der Waals surface area contributed by atoms with E-state index in [0.29, 0.717) is 69.9 Å². The summed E-state index contributed by atoms with van der Waals surface area (Å²) in [5.74, 6) is 0.704. The second-order valence-corrected chi connectivity index (χ2v) is 15.3. The number of fused-ring (bicyclic) bond motifs is 1. The number of pyridine rings is 1. The van der Waals surface area contributed by atoms with Gasteiger partial charge in [-0.2, -0.15) is 5.10 Å². The minimum atomic E-state index is -0.301. The number of aryl methyl sites for hydroxylation is 2. The average molecular weight is 800 g/mol. The molecule has 58 heavy (non-hydrogen) atoms. The van der Waals surface area contributed by atoms with Crippen molar-refractivity contribution in [3.63, 3.8) is 0 Å². The van der Waals surface area contributed by atoms with Crippen LogP contribution in [0.25, 0.3) is 22.6 Å². The van der Waals surface area contributed by atoms with Crippen molar-refractivity contribution in [3.05, 3.63) is 118 Å². The number of anilines is 1. The first-order valence-corrected chi connectivity index (χ1v) is 19.5. The lowest BCUT2D eigenvalue weighted by Crippen LogP contribution is -2.39. The first-order valence-electron chi connectivity index (χ1n) is 19.1. The quantitative estimate of drug-likeness (QED) is 0.130. The van der Waals surface area contributed by atoms with Crippen LogP contribution in [0.3, 0.4) is 0 Å². The highest BCUT2D eigenvalue weighted by molar-refractivity contribution is 6.32. The highest BCUT2D eigenvalue weighted by atomic mass is 35.5. The van der Waals surface area contributed by atoms with Gasteiger partial charge in [0.25, 0.3) is 11.8 Å². The zero-order valence-electron chi connectivity index (χ0n) is 32.3. The van der Waals surface area contributed by atoms with Crippen LogP contribution in [0.2, 0.25) is 5.02 Å². The Morgan fingerprint density at radius 1 is 1.00 bits per heavy atom. The van der Waals surface area contributed by atoms with E-state index in [4.69, 9.17) is 16.3 Å². The molecule has 296 valence electrons. The van der Waals surface area contributed by atoms with E-state index in [0.717, 1.165) is 47.6 Å². The van der Waals surface area contributed by atoms with Gasteiger partial charge in [0.2, 0.25) is 11.8 Å². The lowest BCUT2D eigenvalue weighted by Gasteiger charge is -2.24. The van der Waals surface area contributed by atoms with E-state index in [1.807, 2.05) is 63.6 Å². The van der Waals surface area contributed by atoms with Gasteiger partial charge in [0, 0.05) is 69.7 Å². The number of aromatic nitrogens is 5. The molecule has 0 radical (unpaired) electrons. The Labute approximate surface area is 339 Å². The van der Waals surface area contributed by atoms with Crippen LogP contribution < -0.4 is 20.3 Å². The summed E-state index contributed by atoms with van der Waals surface area (Å²) in [7, 11) is 3.67. The number of nitrogens with zero attached hydrogens (tertiary/aromatic N) is 6. The van der Waals surface area contributed by atoms with Crippen molar-refractivity contribution in [2.75, 3.05) is 31.6 Å². The number of nitrogens with one attached hydrogen (secondary N) is 3. The van der Waals surface area contributed by atoms with Gasteiger partial charge in [0.05, 0.1) is 23.4 Å². The summed E-state index contributed by atoms with van der Waals surface area (Å²) >= 11 is 6.50. The molecule has 2 atom stereocenters. The molecule has 2 saturated heterocycles. The number of halogens is 1. The molecule has 1 unspecified atom stereocenters. The molecule has 3 aromatic heterocycles. The average Bonchev–Trinajstić information content (AvgIpc) is 3.96. The number of ether oxygens (including phenoxy) is 1. The number of amides is 4. The fourth-order valence-electron chi connectivity index (χ4n) is 7.65. The van der Waals surface area contributed by atoms with Crippen molar-refractivity contribution in [1.82, 2.24) is 40.3 Å². The van der Waals surface area contributed by atoms with Crippen molar-refractivity contribution in [2.24, 2.45) is 13.0 Å². The Morgan fingerprint density at radius 3 is 2.45 bits per heavy atom. The lowest BCUT2D eigenvalue weighted by atomic mass is 9.90. The fourth-order valence-corrected chi connectivity index (χ4v) is 7.83. The molecule has 2 aliphatic heterocycles. The second kappa shape index (κ2) is 16.1. The van der Waals surface area contributed by atoms with Gasteiger partial charge in [0.15, 0.2) is 11.4 Å². The molecule has 8 rings (SSSR count). The molecule has 4 amide bonds. The number of hydrogen-bond donors (Lipinski definition) is 3. The standard InChI is InChI=1S/C43H42ClN9O5/c1-25-34(24-52(3)50-25)39-48-37-38(35(44)21-45-40(37)49-39)58-32-14-10-29(11-15-32)41(55)46-20-26-4-6-30(7-5-26)43(57)51(2)22-27-18-19-53(23-27)31-12-8-28(9-13-31)33-16-17-36(54)47-42(33)56/h4-15,21,24,27,33H,16-20,22-23H2,1-3H3,(H,46,55)(H,45,48,49)(H,47,54,56)/t27?,33-/m0/s1. The van der Waals surface area contributed by atoms with E-state index in [9.17, 15) is 19.2 Å². The van der Waals surface area contributed by atoms with Crippen LogP contribution in [-0.2, 0) is 23.2 Å². The smallest absolute Gasteiger partial charge is 0.253 e. The Bertz CT molecular complexity index is 2510. The molecule has 0 aliphatic carbocycles. The van der Waals surface area contributed by atoms with Gasteiger partial charge >= 0.3 is 0 Å². The van der Waals surface area contributed by atoms with Crippen molar-refractivity contribution >= 4 is 52.1 Å². The highest BCUT2D eigenvalue weighted by Gasteiger charge is 2.29. The van der Waals surface area contributed by atoms with Gasteiger partial charge in [-0.15, -0.1) is 0 Å². The van der Waals surface area contributed by atoms with Crippen LogP contribution >= 0.6 is 11.6 Å². The number of imidazole rings is 1.